The molecule has 23 heavy (non-hydrogen) atoms. The maximum atomic E-state index is 12.5. The summed E-state index contributed by atoms with van der Waals surface area (Å²) in [7, 11) is 1.90. The summed E-state index contributed by atoms with van der Waals surface area (Å²) in [4.78, 5) is 16.6. The van der Waals surface area contributed by atoms with Crippen molar-refractivity contribution in [2.75, 3.05) is 5.32 Å². The molecule has 0 spiro atoms. The fourth-order valence-electron chi connectivity index (χ4n) is 2.56. The third kappa shape index (κ3) is 3.12. The second kappa shape index (κ2) is 6.26. The first kappa shape index (κ1) is 15.3. The van der Waals surface area contributed by atoms with Crippen molar-refractivity contribution >= 4 is 23.2 Å². The van der Waals surface area contributed by atoms with Crippen molar-refractivity contribution in [2.45, 2.75) is 6.92 Å². The Morgan fingerprint density at radius 2 is 1.87 bits per heavy atom. The highest BCUT2D eigenvalue weighted by molar-refractivity contribution is 6.32. The molecule has 116 valence electrons. The van der Waals surface area contributed by atoms with E-state index < -0.39 is 0 Å². The molecule has 4 nitrogen and oxygen atoms in total. The summed E-state index contributed by atoms with van der Waals surface area (Å²) in [6.45, 7) is 1.92. The lowest BCUT2D eigenvalue weighted by molar-refractivity contribution is 0.102. The summed E-state index contributed by atoms with van der Waals surface area (Å²) in [5.74, 6) is -0.143. The molecule has 1 N–H and O–H groups in total. The molecular formula is C18H16ClN3O. The van der Waals surface area contributed by atoms with Gasteiger partial charge in [0.2, 0.25) is 0 Å². The predicted molar refractivity (Wildman–Crippen MR) is 92.8 cm³/mol. The molecule has 0 fully saturated rings. The topological polar surface area (TPSA) is 46.9 Å². The molecule has 0 bridgehead atoms. The number of pyridine rings is 1. The van der Waals surface area contributed by atoms with Gasteiger partial charge in [-0.2, -0.15) is 0 Å². The number of aryl methyl sites for hydroxylation is 2. The van der Waals surface area contributed by atoms with E-state index in [1.165, 1.54) is 0 Å². The first-order valence-electron chi connectivity index (χ1n) is 7.20. The lowest BCUT2D eigenvalue weighted by Crippen LogP contribution is -2.13. The lowest BCUT2D eigenvalue weighted by atomic mass is 10.1. The second-order valence-corrected chi connectivity index (χ2v) is 5.72. The average molecular weight is 326 g/mol. The monoisotopic (exact) mass is 325 g/mol. The SMILES string of the molecule is Cc1cn(C)cc1C(=O)Nc1ccccc1-c1cccnc1Cl. The van der Waals surface area contributed by atoms with E-state index in [0.717, 1.165) is 16.7 Å². The number of aromatic nitrogens is 2. The van der Waals surface area contributed by atoms with E-state index in [0.29, 0.717) is 16.4 Å². The Labute approximate surface area is 139 Å². The smallest absolute Gasteiger partial charge is 0.257 e. The summed E-state index contributed by atoms with van der Waals surface area (Å²) < 4.78 is 1.87. The van der Waals surface area contributed by atoms with Gasteiger partial charge in [-0.05, 0) is 30.7 Å². The zero-order chi connectivity index (χ0) is 16.4. The van der Waals surface area contributed by atoms with E-state index in [4.69, 9.17) is 11.6 Å². The van der Waals surface area contributed by atoms with Crippen molar-refractivity contribution < 1.29 is 4.79 Å². The van der Waals surface area contributed by atoms with Gasteiger partial charge in [0.15, 0.2) is 0 Å². The molecule has 0 aliphatic carbocycles. The van der Waals surface area contributed by atoms with Crippen LogP contribution in [0.2, 0.25) is 5.15 Å². The van der Waals surface area contributed by atoms with Gasteiger partial charge >= 0.3 is 0 Å². The first-order chi connectivity index (χ1) is 11.1. The maximum absolute atomic E-state index is 12.5. The van der Waals surface area contributed by atoms with Gasteiger partial charge in [0.25, 0.3) is 5.91 Å². The Balaban J connectivity index is 1.97. The molecule has 2 heterocycles. The molecule has 0 atom stereocenters. The highest BCUT2D eigenvalue weighted by Crippen LogP contribution is 2.32. The number of para-hydroxylation sites is 1. The van der Waals surface area contributed by atoms with Gasteiger partial charge in [-0.25, -0.2) is 4.98 Å². The number of nitrogens with one attached hydrogen (secondary N) is 1. The standard InChI is InChI=1S/C18H16ClN3O/c1-12-10-22(2)11-15(12)18(23)21-16-8-4-3-6-13(16)14-7-5-9-20-17(14)19/h3-11H,1-2H3,(H,21,23). The summed E-state index contributed by atoms with van der Waals surface area (Å²) in [5, 5.41) is 3.38. The summed E-state index contributed by atoms with van der Waals surface area (Å²) in [6.07, 6.45) is 5.36. The van der Waals surface area contributed by atoms with Crippen molar-refractivity contribution in [3.63, 3.8) is 0 Å². The molecule has 0 unspecified atom stereocenters. The van der Waals surface area contributed by atoms with E-state index in [1.54, 1.807) is 6.20 Å². The van der Waals surface area contributed by atoms with Gasteiger partial charge in [-0.15, -0.1) is 0 Å². The van der Waals surface area contributed by atoms with Crippen LogP contribution in [-0.4, -0.2) is 15.5 Å². The van der Waals surface area contributed by atoms with Crippen LogP contribution >= 0.6 is 11.6 Å². The highest BCUT2D eigenvalue weighted by Gasteiger charge is 2.14. The number of hydrogen-bond acceptors (Lipinski definition) is 2. The van der Waals surface area contributed by atoms with Gasteiger partial charge in [0.05, 0.1) is 5.56 Å². The van der Waals surface area contributed by atoms with Gasteiger partial charge in [0, 0.05) is 42.5 Å². The quantitative estimate of drug-likeness (QED) is 0.730. The highest BCUT2D eigenvalue weighted by atomic mass is 35.5. The van der Waals surface area contributed by atoms with Crippen molar-refractivity contribution in [1.29, 1.82) is 0 Å². The van der Waals surface area contributed by atoms with Crippen molar-refractivity contribution in [3.8, 4) is 11.1 Å². The number of anilines is 1. The first-order valence-corrected chi connectivity index (χ1v) is 7.58. The number of carbonyl (C=O) groups is 1. The largest absolute Gasteiger partial charge is 0.356 e. The molecule has 2 aromatic heterocycles. The number of carbonyl (C=O) groups excluding carboxylic acids is 1. The van der Waals surface area contributed by atoms with Gasteiger partial charge < -0.3 is 9.88 Å². The normalized spacial score (nSPS) is 10.6. The van der Waals surface area contributed by atoms with Crippen LogP contribution in [0.1, 0.15) is 15.9 Å². The third-order valence-corrected chi connectivity index (χ3v) is 3.93. The average Bonchev–Trinajstić information content (AvgIpc) is 2.87. The summed E-state index contributed by atoms with van der Waals surface area (Å²) in [6, 6.07) is 11.3. The number of nitrogens with zero attached hydrogens (tertiary/aromatic N) is 2. The number of halogens is 1. The van der Waals surface area contributed by atoms with Crippen LogP contribution in [0.25, 0.3) is 11.1 Å². The van der Waals surface area contributed by atoms with Crippen LogP contribution in [-0.2, 0) is 7.05 Å². The Morgan fingerprint density at radius 1 is 1.13 bits per heavy atom. The molecule has 1 aromatic carbocycles. The van der Waals surface area contributed by atoms with Gasteiger partial charge in [-0.3, -0.25) is 4.79 Å². The minimum atomic E-state index is -0.143. The van der Waals surface area contributed by atoms with Gasteiger partial charge in [0.1, 0.15) is 5.15 Å². The van der Waals surface area contributed by atoms with Crippen molar-refractivity contribution in [3.05, 3.63) is 71.3 Å². The summed E-state index contributed by atoms with van der Waals surface area (Å²) in [5.41, 5.74) is 3.92. The van der Waals surface area contributed by atoms with E-state index in [2.05, 4.69) is 10.3 Å². The Bertz CT molecular complexity index is 870. The second-order valence-electron chi connectivity index (χ2n) is 5.36. The number of rotatable bonds is 3. The van der Waals surface area contributed by atoms with Crippen LogP contribution in [0.3, 0.4) is 0 Å². The van der Waals surface area contributed by atoms with Gasteiger partial charge in [-0.1, -0.05) is 29.8 Å². The van der Waals surface area contributed by atoms with E-state index >= 15 is 0 Å². The predicted octanol–water partition coefficient (Wildman–Crippen LogP) is 4.30. The fourth-order valence-corrected chi connectivity index (χ4v) is 2.78. The van der Waals surface area contributed by atoms with Crippen LogP contribution in [0.5, 0.6) is 0 Å². The van der Waals surface area contributed by atoms with E-state index in [9.17, 15) is 4.79 Å². The third-order valence-electron chi connectivity index (χ3n) is 3.62. The Kier molecular flexibility index (Phi) is 4.17. The zero-order valence-electron chi connectivity index (χ0n) is 12.9. The minimum absolute atomic E-state index is 0.143. The summed E-state index contributed by atoms with van der Waals surface area (Å²) >= 11 is 6.19. The van der Waals surface area contributed by atoms with Crippen molar-refractivity contribution in [1.82, 2.24) is 9.55 Å². The molecule has 5 heteroatoms. The number of benzene rings is 1. The Morgan fingerprint density at radius 3 is 2.57 bits per heavy atom. The molecule has 3 aromatic rings. The fraction of sp³-hybridized carbons (Fsp3) is 0.111. The molecule has 3 rings (SSSR count). The van der Waals surface area contributed by atoms with E-state index in [1.807, 2.05) is 67.3 Å². The molecule has 0 saturated carbocycles. The van der Waals surface area contributed by atoms with Crippen LogP contribution in [0.4, 0.5) is 5.69 Å². The molecule has 0 aliphatic rings. The molecule has 0 radical (unpaired) electrons. The molecule has 0 aliphatic heterocycles. The van der Waals surface area contributed by atoms with Crippen LogP contribution in [0.15, 0.2) is 55.0 Å². The number of amides is 1. The molecule has 1 amide bonds. The van der Waals surface area contributed by atoms with Crippen molar-refractivity contribution in [2.24, 2.45) is 7.05 Å². The molecule has 0 saturated heterocycles. The Hall–Kier alpha value is -2.59. The number of hydrogen-bond donors (Lipinski definition) is 1. The lowest BCUT2D eigenvalue weighted by Gasteiger charge is -2.12. The van der Waals surface area contributed by atoms with Crippen LogP contribution in [0, 0.1) is 6.92 Å². The zero-order valence-corrected chi connectivity index (χ0v) is 13.6. The van der Waals surface area contributed by atoms with E-state index in [-0.39, 0.29) is 5.91 Å². The minimum Gasteiger partial charge on any atom is -0.356 e. The maximum Gasteiger partial charge on any atom is 0.257 e. The molecular weight excluding hydrogens is 310 g/mol. The van der Waals surface area contributed by atoms with Crippen LogP contribution < -0.4 is 5.32 Å².